The average molecular weight is 297 g/mol. The van der Waals surface area contributed by atoms with E-state index in [0.717, 1.165) is 11.0 Å². The molecule has 0 aromatic carbocycles. The maximum atomic E-state index is 5.20. The predicted molar refractivity (Wildman–Crippen MR) is 67.3 cm³/mol. The monoisotopic (exact) mass is 296 g/mol. The van der Waals surface area contributed by atoms with Gasteiger partial charge in [-0.1, -0.05) is 12.1 Å². The van der Waals surface area contributed by atoms with E-state index in [0.29, 0.717) is 17.4 Å². The van der Waals surface area contributed by atoms with Gasteiger partial charge in [0.15, 0.2) is 0 Å². The Kier molecular flexibility index (Phi) is 3.86. The molecule has 0 aliphatic carbocycles. The quantitative estimate of drug-likeness (QED) is 0.939. The molecule has 0 spiro atoms. The van der Waals surface area contributed by atoms with Gasteiger partial charge in [-0.05, 0) is 41.5 Å². The summed E-state index contributed by atoms with van der Waals surface area (Å²) in [5.41, 5.74) is 0.686. The van der Waals surface area contributed by atoms with Crippen LogP contribution in [0.4, 0.5) is 0 Å². The fourth-order valence-electron chi connectivity index (χ4n) is 1.45. The van der Waals surface area contributed by atoms with Gasteiger partial charge in [0, 0.05) is 10.7 Å². The Labute approximate surface area is 108 Å². The molecule has 2 aromatic heterocycles. The fourth-order valence-corrected chi connectivity index (χ4v) is 1.88. The Morgan fingerprint density at radius 3 is 3.06 bits per heavy atom. The summed E-state index contributed by atoms with van der Waals surface area (Å²) in [5.74, 6) is 1.07. The first-order chi connectivity index (χ1) is 8.22. The van der Waals surface area contributed by atoms with Gasteiger partial charge in [0.1, 0.15) is 5.69 Å². The predicted octanol–water partition coefficient (Wildman–Crippen LogP) is 2.56. The Balaban J connectivity index is 2.27. The van der Waals surface area contributed by atoms with E-state index in [4.69, 9.17) is 4.52 Å². The van der Waals surface area contributed by atoms with Crippen molar-refractivity contribution in [1.82, 2.24) is 20.4 Å². The summed E-state index contributed by atoms with van der Waals surface area (Å²) >= 11 is 3.41. The van der Waals surface area contributed by atoms with E-state index >= 15 is 0 Å². The molecule has 1 atom stereocenters. The highest BCUT2D eigenvalue weighted by atomic mass is 79.9. The zero-order chi connectivity index (χ0) is 12.3. The van der Waals surface area contributed by atoms with E-state index in [1.165, 1.54) is 0 Å². The molecule has 17 heavy (non-hydrogen) atoms. The van der Waals surface area contributed by atoms with E-state index in [-0.39, 0.29) is 6.04 Å². The van der Waals surface area contributed by atoms with Crippen molar-refractivity contribution in [2.24, 2.45) is 0 Å². The summed E-state index contributed by atoms with van der Waals surface area (Å²) in [5, 5.41) is 7.14. The molecule has 1 N–H and O–H groups in total. The van der Waals surface area contributed by atoms with Crippen molar-refractivity contribution in [1.29, 1.82) is 0 Å². The van der Waals surface area contributed by atoms with Crippen LogP contribution in [0.3, 0.4) is 0 Å². The van der Waals surface area contributed by atoms with Crippen LogP contribution in [-0.2, 0) is 0 Å². The number of aromatic nitrogens is 3. The first-order valence-electron chi connectivity index (χ1n) is 5.40. The number of nitrogens with one attached hydrogen (secondary N) is 1. The summed E-state index contributed by atoms with van der Waals surface area (Å²) in [6.45, 7) is 4.86. The lowest BCUT2D eigenvalue weighted by atomic mass is 10.3. The summed E-state index contributed by atoms with van der Waals surface area (Å²) in [6.07, 6.45) is 1.70. The molecule has 5 nitrogen and oxygen atoms in total. The molecule has 0 amide bonds. The molecule has 6 heteroatoms. The summed E-state index contributed by atoms with van der Waals surface area (Å²) < 4.78 is 6.05. The Morgan fingerprint density at radius 2 is 2.35 bits per heavy atom. The third kappa shape index (κ3) is 2.70. The molecule has 2 rings (SSSR count). The van der Waals surface area contributed by atoms with Crippen LogP contribution >= 0.6 is 15.9 Å². The molecule has 0 radical (unpaired) electrons. The lowest BCUT2D eigenvalue weighted by Crippen LogP contribution is -2.17. The number of halogens is 1. The van der Waals surface area contributed by atoms with Crippen LogP contribution in [0.2, 0.25) is 0 Å². The summed E-state index contributed by atoms with van der Waals surface area (Å²) in [7, 11) is 0. The normalized spacial score (nSPS) is 12.6. The Hall–Kier alpha value is -1.27. The topological polar surface area (TPSA) is 63.8 Å². The number of hydrogen-bond acceptors (Lipinski definition) is 5. The molecule has 2 aromatic rings. The lowest BCUT2D eigenvalue weighted by Gasteiger charge is -2.05. The first kappa shape index (κ1) is 12.2. The van der Waals surface area contributed by atoms with E-state index in [1.807, 2.05) is 26.0 Å². The molecule has 0 saturated heterocycles. The SMILES string of the molecule is CCNC(C)c1nc(-c2ncccc2Br)no1. The van der Waals surface area contributed by atoms with Crippen LogP contribution in [-0.4, -0.2) is 21.7 Å². The second-order valence-corrected chi connectivity index (χ2v) is 4.42. The molecular weight excluding hydrogens is 284 g/mol. The van der Waals surface area contributed by atoms with Crippen molar-refractivity contribution >= 4 is 15.9 Å². The highest BCUT2D eigenvalue weighted by molar-refractivity contribution is 9.10. The first-order valence-corrected chi connectivity index (χ1v) is 6.19. The van der Waals surface area contributed by atoms with Crippen LogP contribution < -0.4 is 5.32 Å². The molecule has 0 fully saturated rings. The van der Waals surface area contributed by atoms with Gasteiger partial charge in [-0.2, -0.15) is 4.98 Å². The second-order valence-electron chi connectivity index (χ2n) is 3.57. The standard InChI is InChI=1S/C11H13BrN4O/c1-3-13-7(2)11-15-10(16-17-11)9-8(12)5-4-6-14-9/h4-7,13H,3H2,1-2H3. The maximum Gasteiger partial charge on any atom is 0.243 e. The van der Waals surface area contributed by atoms with Gasteiger partial charge in [0.2, 0.25) is 11.7 Å². The zero-order valence-electron chi connectivity index (χ0n) is 9.64. The summed E-state index contributed by atoms with van der Waals surface area (Å²) in [4.78, 5) is 8.54. The van der Waals surface area contributed by atoms with Gasteiger partial charge in [0.05, 0.1) is 6.04 Å². The molecule has 1 unspecified atom stereocenters. The van der Waals surface area contributed by atoms with Crippen LogP contribution in [0.5, 0.6) is 0 Å². The van der Waals surface area contributed by atoms with Crippen molar-refractivity contribution in [3.05, 3.63) is 28.7 Å². The molecule has 0 bridgehead atoms. The molecule has 0 saturated carbocycles. The van der Waals surface area contributed by atoms with E-state index in [2.05, 4.69) is 36.4 Å². The van der Waals surface area contributed by atoms with Gasteiger partial charge in [-0.15, -0.1) is 0 Å². The van der Waals surface area contributed by atoms with Gasteiger partial charge in [0.25, 0.3) is 0 Å². The van der Waals surface area contributed by atoms with Crippen molar-refractivity contribution in [3.8, 4) is 11.5 Å². The van der Waals surface area contributed by atoms with Gasteiger partial charge < -0.3 is 9.84 Å². The smallest absolute Gasteiger partial charge is 0.243 e. The van der Waals surface area contributed by atoms with Crippen molar-refractivity contribution in [2.75, 3.05) is 6.54 Å². The fraction of sp³-hybridized carbons (Fsp3) is 0.364. The highest BCUT2D eigenvalue weighted by Crippen LogP contribution is 2.23. The molecular formula is C11H13BrN4O. The third-order valence-corrected chi connectivity index (χ3v) is 2.93. The molecule has 0 aliphatic heterocycles. The number of rotatable bonds is 4. The van der Waals surface area contributed by atoms with E-state index in [1.54, 1.807) is 6.20 Å². The molecule has 90 valence electrons. The minimum atomic E-state index is 0.0451. The van der Waals surface area contributed by atoms with Crippen molar-refractivity contribution in [3.63, 3.8) is 0 Å². The second kappa shape index (κ2) is 5.37. The Morgan fingerprint density at radius 1 is 1.53 bits per heavy atom. The average Bonchev–Trinajstić information content (AvgIpc) is 2.79. The number of pyridine rings is 1. The highest BCUT2D eigenvalue weighted by Gasteiger charge is 2.16. The van der Waals surface area contributed by atoms with Crippen LogP contribution in [0.25, 0.3) is 11.5 Å². The molecule has 0 aliphatic rings. The number of nitrogens with zero attached hydrogens (tertiary/aromatic N) is 3. The van der Waals surface area contributed by atoms with Gasteiger partial charge in [-0.3, -0.25) is 4.98 Å². The van der Waals surface area contributed by atoms with E-state index in [9.17, 15) is 0 Å². The van der Waals surface area contributed by atoms with Crippen LogP contribution in [0.15, 0.2) is 27.3 Å². The van der Waals surface area contributed by atoms with E-state index < -0.39 is 0 Å². The van der Waals surface area contributed by atoms with Crippen molar-refractivity contribution in [2.45, 2.75) is 19.9 Å². The van der Waals surface area contributed by atoms with Crippen molar-refractivity contribution < 1.29 is 4.52 Å². The van der Waals surface area contributed by atoms with Gasteiger partial charge in [-0.25, -0.2) is 0 Å². The lowest BCUT2D eigenvalue weighted by molar-refractivity contribution is 0.342. The zero-order valence-corrected chi connectivity index (χ0v) is 11.2. The minimum Gasteiger partial charge on any atom is -0.337 e. The number of hydrogen-bond donors (Lipinski definition) is 1. The van der Waals surface area contributed by atoms with Crippen LogP contribution in [0.1, 0.15) is 25.8 Å². The minimum absolute atomic E-state index is 0.0451. The summed E-state index contributed by atoms with van der Waals surface area (Å²) in [6, 6.07) is 3.78. The van der Waals surface area contributed by atoms with Crippen LogP contribution in [0, 0.1) is 0 Å². The largest absolute Gasteiger partial charge is 0.337 e. The van der Waals surface area contributed by atoms with Gasteiger partial charge >= 0.3 is 0 Å². The maximum absolute atomic E-state index is 5.20. The molecule has 2 heterocycles. The Bertz CT molecular complexity index is 500. The third-order valence-electron chi connectivity index (χ3n) is 2.29.